The van der Waals surface area contributed by atoms with E-state index in [1.54, 1.807) is 24.3 Å². The maximum Gasteiger partial charge on any atom is 0.279 e. The molecule has 0 aliphatic carbocycles. The highest BCUT2D eigenvalue weighted by Gasteiger charge is 2.10. The summed E-state index contributed by atoms with van der Waals surface area (Å²) >= 11 is 0. The van der Waals surface area contributed by atoms with Crippen molar-refractivity contribution >= 4 is 12.2 Å². The third-order valence-electron chi connectivity index (χ3n) is 3.63. The Morgan fingerprint density at radius 2 is 1.78 bits per heavy atom. The third-order valence-corrected chi connectivity index (χ3v) is 3.63. The number of H-pyrrole nitrogens is 1. The average Bonchev–Trinajstić information content (AvgIpc) is 2.69. The molecule has 2 aromatic carbocycles. The first-order chi connectivity index (χ1) is 13.1. The predicted octanol–water partition coefficient (Wildman–Crippen LogP) is 2.00. The minimum absolute atomic E-state index is 0.0913. The van der Waals surface area contributed by atoms with Gasteiger partial charge in [-0.3, -0.25) is 9.78 Å². The van der Waals surface area contributed by atoms with Crippen LogP contribution in [0.5, 0.6) is 17.2 Å². The van der Waals surface area contributed by atoms with E-state index in [1.807, 2.05) is 18.2 Å². The van der Waals surface area contributed by atoms with Crippen molar-refractivity contribution in [3.63, 3.8) is 0 Å². The molecule has 0 bridgehead atoms. The van der Waals surface area contributed by atoms with Crippen molar-refractivity contribution in [1.82, 2.24) is 15.2 Å². The van der Waals surface area contributed by atoms with Crippen LogP contribution in [0.4, 0.5) is 5.95 Å². The molecule has 138 valence electrons. The minimum atomic E-state index is -0.387. The number of methoxy groups -OCH3 is 2. The number of aromatic nitrogens is 3. The monoisotopic (exact) mass is 367 g/mol. The van der Waals surface area contributed by atoms with Crippen molar-refractivity contribution in [2.75, 3.05) is 19.6 Å². The van der Waals surface area contributed by atoms with Crippen LogP contribution in [-0.2, 0) is 0 Å². The van der Waals surface area contributed by atoms with Crippen molar-refractivity contribution in [2.24, 2.45) is 5.10 Å². The van der Waals surface area contributed by atoms with Crippen molar-refractivity contribution in [3.05, 3.63) is 58.4 Å². The average molecular weight is 367 g/mol. The summed E-state index contributed by atoms with van der Waals surface area (Å²) in [4.78, 5) is 14.7. The van der Waals surface area contributed by atoms with E-state index in [0.717, 1.165) is 0 Å². The van der Waals surface area contributed by atoms with E-state index in [4.69, 9.17) is 9.47 Å². The van der Waals surface area contributed by atoms with Crippen LogP contribution >= 0.6 is 0 Å². The number of rotatable bonds is 6. The maximum atomic E-state index is 12.2. The molecule has 0 saturated heterocycles. The van der Waals surface area contributed by atoms with Crippen LogP contribution in [0, 0.1) is 0 Å². The first-order valence-corrected chi connectivity index (χ1v) is 7.89. The van der Waals surface area contributed by atoms with Gasteiger partial charge in [0.1, 0.15) is 0 Å². The fourth-order valence-corrected chi connectivity index (χ4v) is 2.33. The zero-order valence-corrected chi connectivity index (χ0v) is 14.6. The maximum absolute atomic E-state index is 12.2. The van der Waals surface area contributed by atoms with Crippen molar-refractivity contribution in [1.29, 1.82) is 0 Å². The second-order valence-corrected chi connectivity index (χ2v) is 5.36. The highest BCUT2D eigenvalue weighted by Crippen LogP contribution is 2.36. The molecule has 0 amide bonds. The smallest absolute Gasteiger partial charge is 0.279 e. The lowest BCUT2D eigenvalue weighted by Crippen LogP contribution is -2.15. The largest absolute Gasteiger partial charge is 0.502 e. The summed E-state index contributed by atoms with van der Waals surface area (Å²) in [5.41, 5.74) is 3.70. The molecule has 0 radical (unpaired) electrons. The highest BCUT2D eigenvalue weighted by molar-refractivity contribution is 5.82. The van der Waals surface area contributed by atoms with Crippen LogP contribution in [0.1, 0.15) is 5.56 Å². The number of hydrazone groups is 1. The predicted molar refractivity (Wildman–Crippen MR) is 101 cm³/mol. The van der Waals surface area contributed by atoms with Gasteiger partial charge < -0.3 is 14.6 Å². The fraction of sp³-hybridized carbons (Fsp3) is 0.111. The third kappa shape index (κ3) is 4.03. The first-order valence-electron chi connectivity index (χ1n) is 7.89. The minimum Gasteiger partial charge on any atom is -0.502 e. The van der Waals surface area contributed by atoms with Crippen LogP contribution in [0.25, 0.3) is 11.3 Å². The fourth-order valence-electron chi connectivity index (χ4n) is 2.33. The highest BCUT2D eigenvalue weighted by atomic mass is 16.5. The lowest BCUT2D eigenvalue weighted by molar-refractivity contribution is 0.340. The Kier molecular flexibility index (Phi) is 5.31. The van der Waals surface area contributed by atoms with Gasteiger partial charge >= 0.3 is 0 Å². The number of phenols is 1. The molecule has 27 heavy (non-hydrogen) atoms. The Bertz CT molecular complexity index is 993. The zero-order valence-electron chi connectivity index (χ0n) is 14.6. The van der Waals surface area contributed by atoms with Crippen LogP contribution < -0.4 is 20.5 Å². The van der Waals surface area contributed by atoms with Crippen LogP contribution in [0.3, 0.4) is 0 Å². The Labute approximate surface area is 154 Å². The molecule has 0 atom stereocenters. The van der Waals surface area contributed by atoms with Gasteiger partial charge in [0.25, 0.3) is 5.56 Å². The Morgan fingerprint density at radius 1 is 1.11 bits per heavy atom. The summed E-state index contributed by atoms with van der Waals surface area (Å²) in [5.74, 6) is 0.484. The standard InChI is InChI=1S/C18H17N5O4/c1-26-13-8-11(9-14(27-2)16(13)24)10-19-22-18-20-17(25)15(21-23-18)12-6-4-3-5-7-12/h3-10,24H,1-2H3,(H2,20,22,23,25)/b19-10+. The number of hydrogen-bond donors (Lipinski definition) is 3. The summed E-state index contributed by atoms with van der Waals surface area (Å²) in [6.07, 6.45) is 1.45. The molecule has 0 aliphatic rings. The number of phenolic OH excluding ortho intramolecular Hbond substituents is 1. The van der Waals surface area contributed by atoms with Gasteiger partial charge in [-0.15, -0.1) is 10.2 Å². The molecule has 1 heterocycles. The molecule has 9 heteroatoms. The van der Waals surface area contributed by atoms with E-state index in [-0.39, 0.29) is 34.5 Å². The lowest BCUT2D eigenvalue weighted by Gasteiger charge is -2.09. The van der Waals surface area contributed by atoms with Crippen LogP contribution in [0.2, 0.25) is 0 Å². The first kappa shape index (κ1) is 17.9. The van der Waals surface area contributed by atoms with Gasteiger partial charge in [0.2, 0.25) is 11.7 Å². The number of ether oxygens (including phenoxy) is 2. The summed E-state index contributed by atoms with van der Waals surface area (Å²) in [6.45, 7) is 0. The Hall–Kier alpha value is -3.88. The number of benzene rings is 2. The number of nitrogens with zero attached hydrogens (tertiary/aromatic N) is 3. The molecule has 0 aliphatic heterocycles. The molecule has 9 nitrogen and oxygen atoms in total. The van der Waals surface area contributed by atoms with E-state index in [0.29, 0.717) is 11.1 Å². The van der Waals surface area contributed by atoms with Gasteiger partial charge in [0.15, 0.2) is 17.2 Å². The summed E-state index contributed by atoms with van der Waals surface area (Å²) < 4.78 is 10.2. The van der Waals surface area contributed by atoms with Crippen LogP contribution in [0.15, 0.2) is 52.4 Å². The summed E-state index contributed by atoms with van der Waals surface area (Å²) in [6, 6.07) is 12.2. The van der Waals surface area contributed by atoms with E-state index < -0.39 is 0 Å². The number of aromatic hydroxyl groups is 1. The van der Waals surface area contributed by atoms with Crippen LogP contribution in [-0.4, -0.2) is 40.7 Å². The number of hydrogen-bond acceptors (Lipinski definition) is 8. The second kappa shape index (κ2) is 8.00. The van der Waals surface area contributed by atoms with Gasteiger partial charge in [0.05, 0.1) is 20.4 Å². The molecule has 0 fully saturated rings. The molecular formula is C18H17N5O4. The van der Waals surface area contributed by atoms with E-state index in [9.17, 15) is 9.90 Å². The van der Waals surface area contributed by atoms with Crippen molar-refractivity contribution in [2.45, 2.75) is 0 Å². The zero-order chi connectivity index (χ0) is 19.2. The summed E-state index contributed by atoms with van der Waals surface area (Å²) in [7, 11) is 2.87. The van der Waals surface area contributed by atoms with Gasteiger partial charge in [-0.05, 0) is 12.1 Å². The van der Waals surface area contributed by atoms with Crippen molar-refractivity contribution in [3.8, 4) is 28.5 Å². The lowest BCUT2D eigenvalue weighted by atomic mass is 10.2. The van der Waals surface area contributed by atoms with E-state index in [2.05, 4.69) is 25.7 Å². The molecule has 0 unspecified atom stereocenters. The molecule has 3 aromatic rings. The Balaban J connectivity index is 1.77. The number of nitrogens with one attached hydrogen (secondary N) is 2. The van der Waals surface area contributed by atoms with Gasteiger partial charge in [-0.2, -0.15) is 5.10 Å². The molecular weight excluding hydrogens is 350 g/mol. The number of anilines is 1. The van der Waals surface area contributed by atoms with E-state index in [1.165, 1.54) is 20.4 Å². The van der Waals surface area contributed by atoms with Crippen molar-refractivity contribution < 1.29 is 14.6 Å². The molecule has 0 spiro atoms. The molecule has 0 saturated carbocycles. The van der Waals surface area contributed by atoms with Gasteiger partial charge in [0, 0.05) is 11.1 Å². The second-order valence-electron chi connectivity index (χ2n) is 5.36. The molecule has 1 aromatic heterocycles. The summed E-state index contributed by atoms with van der Waals surface area (Å²) in [5, 5.41) is 21.7. The van der Waals surface area contributed by atoms with Gasteiger partial charge in [-0.25, -0.2) is 5.43 Å². The SMILES string of the molecule is COc1cc(/C=N/Nc2nnc(-c3ccccc3)c(=O)[nH]2)cc(OC)c1O. The normalized spacial score (nSPS) is 10.7. The van der Waals surface area contributed by atoms with Gasteiger partial charge in [-0.1, -0.05) is 30.3 Å². The van der Waals surface area contributed by atoms with E-state index >= 15 is 0 Å². The number of aromatic amines is 1. The molecule has 3 N–H and O–H groups in total. The quantitative estimate of drug-likeness (QED) is 0.450. The topological polar surface area (TPSA) is 122 Å². The Morgan fingerprint density at radius 3 is 2.37 bits per heavy atom. The molecule has 3 rings (SSSR count).